The Labute approximate surface area is 147 Å². The summed E-state index contributed by atoms with van der Waals surface area (Å²) in [4.78, 5) is 28.5. The third-order valence-corrected chi connectivity index (χ3v) is 4.68. The number of para-hydroxylation sites is 1. The van der Waals surface area contributed by atoms with Crippen molar-refractivity contribution in [3.05, 3.63) is 30.3 Å². The number of amides is 1. The predicted octanol–water partition coefficient (Wildman–Crippen LogP) is 1.26. The zero-order chi connectivity index (χ0) is 18.0. The molecule has 0 aromatic heterocycles. The van der Waals surface area contributed by atoms with Gasteiger partial charge >= 0.3 is 5.97 Å². The van der Waals surface area contributed by atoms with Crippen LogP contribution >= 0.6 is 0 Å². The Morgan fingerprint density at radius 3 is 2.64 bits per heavy atom. The number of carboxylic acid groups (broad SMARTS) is 1. The molecule has 3 rings (SSSR count). The zero-order valence-electron chi connectivity index (χ0n) is 14.6. The van der Waals surface area contributed by atoms with Gasteiger partial charge in [0.1, 0.15) is 5.71 Å². The molecule has 0 spiro atoms. The monoisotopic (exact) mass is 344 g/mol. The molecule has 1 saturated heterocycles. The number of nitrogens with zero attached hydrogens (tertiary/aromatic N) is 4. The molecule has 2 aliphatic rings. The van der Waals surface area contributed by atoms with Crippen LogP contribution in [0.15, 0.2) is 35.4 Å². The smallest absolute Gasteiger partial charge is 0.328 e. The minimum Gasteiger partial charge on any atom is -0.480 e. The molecule has 1 aromatic rings. The van der Waals surface area contributed by atoms with Crippen molar-refractivity contribution in [3.63, 3.8) is 0 Å². The zero-order valence-corrected chi connectivity index (χ0v) is 14.6. The highest BCUT2D eigenvalue weighted by molar-refractivity contribution is 6.40. The van der Waals surface area contributed by atoms with Crippen LogP contribution in [0.5, 0.6) is 0 Å². The first-order valence-electron chi connectivity index (χ1n) is 8.57. The van der Waals surface area contributed by atoms with Gasteiger partial charge in [0.25, 0.3) is 5.91 Å². The number of carbonyl (C=O) groups is 2. The van der Waals surface area contributed by atoms with E-state index in [0.29, 0.717) is 17.9 Å². The molecule has 1 amide bonds. The number of aliphatic carboxylic acids is 1. The van der Waals surface area contributed by atoms with Crippen LogP contribution in [0, 0.1) is 0 Å². The van der Waals surface area contributed by atoms with Crippen LogP contribution in [0.2, 0.25) is 0 Å². The lowest BCUT2D eigenvalue weighted by molar-refractivity contribution is -0.138. The second-order valence-corrected chi connectivity index (χ2v) is 6.84. The first kappa shape index (κ1) is 17.4. The number of carbonyl (C=O) groups excluding carboxylic acids is 1. The maximum atomic E-state index is 12.9. The van der Waals surface area contributed by atoms with Gasteiger partial charge in [-0.05, 0) is 39.1 Å². The number of hydrazone groups is 1. The maximum absolute atomic E-state index is 12.9. The van der Waals surface area contributed by atoms with Crippen LogP contribution in [-0.4, -0.2) is 71.8 Å². The highest BCUT2D eigenvalue weighted by Crippen LogP contribution is 2.27. The lowest BCUT2D eigenvalue weighted by atomic mass is 10.1. The van der Waals surface area contributed by atoms with Gasteiger partial charge < -0.3 is 14.9 Å². The molecular formula is C18H24N4O3. The van der Waals surface area contributed by atoms with Crippen molar-refractivity contribution in [2.24, 2.45) is 5.10 Å². The van der Waals surface area contributed by atoms with E-state index in [1.165, 1.54) is 5.01 Å². The number of carboxylic acids is 1. The topological polar surface area (TPSA) is 76.5 Å². The fourth-order valence-electron chi connectivity index (χ4n) is 3.53. The van der Waals surface area contributed by atoms with Gasteiger partial charge in [-0.15, -0.1) is 0 Å². The van der Waals surface area contributed by atoms with Crippen LogP contribution in [-0.2, 0) is 9.59 Å². The largest absolute Gasteiger partial charge is 0.480 e. The fourth-order valence-corrected chi connectivity index (χ4v) is 3.53. The summed E-state index contributed by atoms with van der Waals surface area (Å²) >= 11 is 0. The van der Waals surface area contributed by atoms with Gasteiger partial charge in [0, 0.05) is 25.6 Å². The van der Waals surface area contributed by atoms with E-state index in [1.807, 2.05) is 37.2 Å². The Bertz CT molecular complexity index is 674. The molecule has 134 valence electrons. The average Bonchev–Trinajstić information content (AvgIpc) is 3.21. The van der Waals surface area contributed by atoms with Crippen LogP contribution in [0.4, 0.5) is 5.69 Å². The number of benzene rings is 1. The van der Waals surface area contributed by atoms with Crippen molar-refractivity contribution in [3.8, 4) is 0 Å². The molecule has 1 fully saturated rings. The number of hydrogen-bond acceptors (Lipinski definition) is 5. The molecule has 0 aliphatic carbocycles. The molecule has 25 heavy (non-hydrogen) atoms. The van der Waals surface area contributed by atoms with E-state index in [1.54, 1.807) is 12.1 Å². The summed E-state index contributed by atoms with van der Waals surface area (Å²) in [5.74, 6) is -1.10. The summed E-state index contributed by atoms with van der Waals surface area (Å²) in [7, 11) is 3.98. The molecule has 0 saturated carbocycles. The van der Waals surface area contributed by atoms with E-state index >= 15 is 0 Å². The van der Waals surface area contributed by atoms with Gasteiger partial charge in [0.15, 0.2) is 6.04 Å². The van der Waals surface area contributed by atoms with Crippen LogP contribution in [0.25, 0.3) is 0 Å². The molecule has 0 bridgehead atoms. The highest BCUT2D eigenvalue weighted by atomic mass is 16.4. The van der Waals surface area contributed by atoms with E-state index in [4.69, 9.17) is 0 Å². The third-order valence-electron chi connectivity index (χ3n) is 4.68. The lowest BCUT2D eigenvalue weighted by Gasteiger charge is -2.26. The summed E-state index contributed by atoms with van der Waals surface area (Å²) in [5, 5.41) is 15.4. The quantitative estimate of drug-likeness (QED) is 0.870. The van der Waals surface area contributed by atoms with Crippen molar-refractivity contribution < 1.29 is 14.7 Å². The average molecular weight is 344 g/mol. The van der Waals surface area contributed by atoms with Crippen molar-refractivity contribution in [2.75, 3.05) is 32.2 Å². The van der Waals surface area contributed by atoms with E-state index in [-0.39, 0.29) is 18.4 Å². The van der Waals surface area contributed by atoms with Crippen molar-refractivity contribution in [1.29, 1.82) is 0 Å². The number of likely N-dealkylation sites (N-methyl/N-ethyl adjacent to an activating group) is 1. The van der Waals surface area contributed by atoms with E-state index in [2.05, 4.69) is 10.0 Å². The van der Waals surface area contributed by atoms with Crippen molar-refractivity contribution in [1.82, 2.24) is 9.80 Å². The van der Waals surface area contributed by atoms with Crippen molar-refractivity contribution >= 4 is 23.3 Å². The Morgan fingerprint density at radius 2 is 2.00 bits per heavy atom. The second-order valence-electron chi connectivity index (χ2n) is 6.84. The minimum atomic E-state index is -0.971. The standard InChI is InChI=1S/C18H24N4O3/c1-20(2)12-14-9-6-10-21(14)17(23)15-11-16(18(24)25)22(19-15)13-7-4-3-5-8-13/h3-5,7-8,14,16H,6,9-12H2,1-2H3,(H,24,25). The lowest BCUT2D eigenvalue weighted by Crippen LogP contribution is -2.44. The van der Waals surface area contributed by atoms with Gasteiger partial charge in [0.2, 0.25) is 0 Å². The van der Waals surface area contributed by atoms with Crippen LogP contribution in [0.3, 0.4) is 0 Å². The highest BCUT2D eigenvalue weighted by Gasteiger charge is 2.39. The van der Waals surface area contributed by atoms with E-state index < -0.39 is 12.0 Å². The third kappa shape index (κ3) is 3.66. The summed E-state index contributed by atoms with van der Waals surface area (Å²) in [6.07, 6.45) is 2.08. The molecule has 2 aliphatic heterocycles. The molecule has 0 radical (unpaired) electrons. The number of likely N-dealkylation sites (tertiary alicyclic amines) is 1. The molecule has 1 aromatic carbocycles. The molecule has 2 heterocycles. The van der Waals surface area contributed by atoms with Crippen molar-refractivity contribution in [2.45, 2.75) is 31.3 Å². The van der Waals surface area contributed by atoms with Gasteiger partial charge in [0.05, 0.1) is 5.69 Å². The molecular weight excluding hydrogens is 320 g/mol. The summed E-state index contributed by atoms with van der Waals surface area (Å²) < 4.78 is 0. The molecule has 2 unspecified atom stereocenters. The van der Waals surface area contributed by atoms with Crippen LogP contribution < -0.4 is 5.01 Å². The van der Waals surface area contributed by atoms with Gasteiger partial charge in [-0.25, -0.2) is 4.79 Å². The number of rotatable bonds is 5. The first-order valence-corrected chi connectivity index (χ1v) is 8.57. The first-order chi connectivity index (χ1) is 12.0. The normalized spacial score (nSPS) is 23.2. The van der Waals surface area contributed by atoms with Gasteiger partial charge in [-0.3, -0.25) is 9.80 Å². The summed E-state index contributed by atoms with van der Waals surface area (Å²) in [6.45, 7) is 1.52. The predicted molar refractivity (Wildman–Crippen MR) is 95.7 cm³/mol. The Kier molecular flexibility index (Phi) is 5.03. The number of hydrogen-bond donors (Lipinski definition) is 1. The number of anilines is 1. The molecule has 7 heteroatoms. The second kappa shape index (κ2) is 7.23. The van der Waals surface area contributed by atoms with Gasteiger partial charge in [-0.2, -0.15) is 5.10 Å². The minimum absolute atomic E-state index is 0.131. The van der Waals surface area contributed by atoms with E-state index in [9.17, 15) is 14.7 Å². The van der Waals surface area contributed by atoms with Gasteiger partial charge in [-0.1, -0.05) is 18.2 Å². The summed E-state index contributed by atoms with van der Waals surface area (Å²) in [5.41, 5.74) is 1.02. The van der Waals surface area contributed by atoms with Crippen LogP contribution in [0.1, 0.15) is 19.3 Å². The Hall–Kier alpha value is -2.41. The summed E-state index contributed by atoms with van der Waals surface area (Å²) in [6, 6.07) is 8.46. The maximum Gasteiger partial charge on any atom is 0.328 e. The van der Waals surface area contributed by atoms with E-state index in [0.717, 1.165) is 19.4 Å². The Balaban J connectivity index is 1.82. The molecule has 7 nitrogen and oxygen atoms in total. The molecule has 1 N–H and O–H groups in total. The molecule has 2 atom stereocenters. The SMILES string of the molecule is CN(C)CC1CCCN1C(=O)C1=NN(c2ccccc2)C(C(=O)O)C1. The fraction of sp³-hybridized carbons (Fsp3) is 0.500. The Morgan fingerprint density at radius 1 is 1.28 bits per heavy atom.